The van der Waals surface area contributed by atoms with Crippen LogP contribution in [0.3, 0.4) is 0 Å². The molecule has 0 spiro atoms. The third-order valence-electron chi connectivity index (χ3n) is 2.63. The lowest BCUT2D eigenvalue weighted by atomic mass is 10.0. The molecule has 116 valence electrons. The van der Waals surface area contributed by atoms with Crippen LogP contribution in [0, 0.1) is 0 Å². The van der Waals surface area contributed by atoms with Crippen molar-refractivity contribution in [3.8, 4) is 0 Å². The first kappa shape index (κ1) is 17.1. The van der Waals surface area contributed by atoms with E-state index in [-0.39, 0.29) is 37.4 Å². The Morgan fingerprint density at radius 1 is 1.29 bits per heavy atom. The van der Waals surface area contributed by atoms with Gasteiger partial charge >= 0.3 is 11.9 Å². The van der Waals surface area contributed by atoms with Crippen molar-refractivity contribution in [2.24, 2.45) is 0 Å². The molecule has 0 aromatic heterocycles. The minimum Gasteiger partial charge on any atom is -0.478 e. The molecule has 0 radical (unpaired) electrons. The van der Waals surface area contributed by atoms with Gasteiger partial charge in [-0.25, -0.2) is 9.59 Å². The van der Waals surface area contributed by atoms with Crippen molar-refractivity contribution < 1.29 is 34.4 Å². The fourth-order valence-corrected chi connectivity index (χ4v) is 1.68. The summed E-state index contributed by atoms with van der Waals surface area (Å²) in [6.45, 7) is 1.23. The van der Waals surface area contributed by atoms with Crippen molar-refractivity contribution in [2.75, 3.05) is 19.8 Å². The molecule has 0 amide bonds. The molecule has 7 heteroatoms. The normalized spacial score (nSPS) is 12.0. The van der Waals surface area contributed by atoms with E-state index in [1.165, 1.54) is 25.1 Å². The third-order valence-corrected chi connectivity index (χ3v) is 2.63. The number of esters is 1. The highest BCUT2D eigenvalue weighted by atomic mass is 16.6. The van der Waals surface area contributed by atoms with E-state index in [4.69, 9.17) is 24.8 Å². The van der Waals surface area contributed by atoms with Gasteiger partial charge in [0.15, 0.2) is 6.29 Å². The topological polar surface area (TPSA) is 113 Å². The zero-order valence-corrected chi connectivity index (χ0v) is 11.6. The summed E-state index contributed by atoms with van der Waals surface area (Å²) in [6.07, 6.45) is -0.793. The maximum Gasteiger partial charge on any atom is 0.338 e. The average molecular weight is 298 g/mol. The Morgan fingerprint density at radius 2 is 2.00 bits per heavy atom. The number of rotatable bonds is 8. The van der Waals surface area contributed by atoms with Crippen LogP contribution >= 0.6 is 0 Å². The van der Waals surface area contributed by atoms with Crippen molar-refractivity contribution in [3.63, 3.8) is 0 Å². The molecule has 0 aliphatic rings. The minimum atomic E-state index is -1.11. The molecule has 0 saturated carbocycles. The van der Waals surface area contributed by atoms with Gasteiger partial charge in [0, 0.05) is 6.61 Å². The zero-order valence-electron chi connectivity index (χ0n) is 11.6. The molecular weight excluding hydrogens is 280 g/mol. The molecular formula is C14H18O7. The summed E-state index contributed by atoms with van der Waals surface area (Å²) >= 11 is 0. The van der Waals surface area contributed by atoms with Gasteiger partial charge < -0.3 is 24.8 Å². The molecule has 7 nitrogen and oxygen atoms in total. The van der Waals surface area contributed by atoms with E-state index in [1.807, 2.05) is 0 Å². The summed E-state index contributed by atoms with van der Waals surface area (Å²) in [4.78, 5) is 22.8. The van der Waals surface area contributed by atoms with Gasteiger partial charge in [0.05, 0.1) is 17.7 Å². The number of aliphatic hydroxyl groups is 2. The average Bonchev–Trinajstić information content (AvgIpc) is 2.43. The molecule has 1 aromatic carbocycles. The molecule has 0 bridgehead atoms. The van der Waals surface area contributed by atoms with Crippen molar-refractivity contribution in [2.45, 2.75) is 19.6 Å². The first-order valence-electron chi connectivity index (χ1n) is 6.39. The molecule has 3 N–H and O–H groups in total. The maximum atomic E-state index is 11.9. The predicted molar refractivity (Wildman–Crippen MR) is 72.1 cm³/mol. The van der Waals surface area contributed by atoms with Gasteiger partial charge in [-0.2, -0.15) is 0 Å². The molecule has 0 saturated heterocycles. The summed E-state index contributed by atoms with van der Waals surface area (Å²) in [5.41, 5.74) is 0.636. The van der Waals surface area contributed by atoms with Gasteiger partial charge in [-0.05, 0) is 37.1 Å². The lowest BCUT2D eigenvalue weighted by molar-refractivity contribution is -0.0949. The van der Waals surface area contributed by atoms with Crippen molar-refractivity contribution in [3.05, 3.63) is 34.9 Å². The molecule has 0 aliphatic carbocycles. The van der Waals surface area contributed by atoms with E-state index in [9.17, 15) is 9.59 Å². The van der Waals surface area contributed by atoms with Crippen LogP contribution in [0.5, 0.6) is 0 Å². The van der Waals surface area contributed by atoms with Crippen molar-refractivity contribution in [1.29, 1.82) is 0 Å². The molecule has 0 aliphatic heterocycles. The minimum absolute atomic E-state index is 0.0347. The number of benzene rings is 1. The van der Waals surface area contributed by atoms with Crippen LogP contribution in [0.2, 0.25) is 0 Å². The van der Waals surface area contributed by atoms with Crippen LogP contribution in [0.4, 0.5) is 0 Å². The molecule has 1 atom stereocenters. The quantitative estimate of drug-likeness (QED) is 0.362. The first-order chi connectivity index (χ1) is 9.95. The van der Waals surface area contributed by atoms with Crippen molar-refractivity contribution in [1.82, 2.24) is 0 Å². The summed E-state index contributed by atoms with van der Waals surface area (Å²) in [5.74, 6) is -1.75. The standard InChI is InChI=1S/C14H18O7/c1-9(16)20-6-7-21-14(19)12-3-2-11(13(17)18)8-10(12)4-5-15/h2-3,8-9,15-16H,4-7H2,1H3,(H,17,18). The summed E-state index contributed by atoms with van der Waals surface area (Å²) < 4.78 is 9.78. The first-order valence-corrected chi connectivity index (χ1v) is 6.39. The highest BCUT2D eigenvalue weighted by Gasteiger charge is 2.15. The second-order valence-electron chi connectivity index (χ2n) is 4.26. The number of aliphatic hydroxyl groups excluding tert-OH is 2. The largest absolute Gasteiger partial charge is 0.478 e. The molecule has 0 fully saturated rings. The van der Waals surface area contributed by atoms with Gasteiger partial charge in [-0.15, -0.1) is 0 Å². The fraction of sp³-hybridized carbons (Fsp3) is 0.429. The van der Waals surface area contributed by atoms with E-state index >= 15 is 0 Å². The number of carboxylic acids is 1. The predicted octanol–water partition coefficient (Wildman–Crippen LogP) is 0.431. The molecule has 21 heavy (non-hydrogen) atoms. The lowest BCUT2D eigenvalue weighted by Crippen LogP contribution is -2.16. The van der Waals surface area contributed by atoms with E-state index in [2.05, 4.69) is 0 Å². The highest BCUT2D eigenvalue weighted by molar-refractivity contribution is 5.94. The molecule has 0 heterocycles. The van der Waals surface area contributed by atoms with Gasteiger partial charge in [0.1, 0.15) is 6.61 Å². The summed E-state index contributed by atoms with van der Waals surface area (Å²) in [6, 6.07) is 3.99. The molecule has 1 aromatic rings. The Balaban J connectivity index is 2.75. The number of aromatic carboxylic acids is 1. The Labute approximate surface area is 121 Å². The van der Waals surface area contributed by atoms with Crippen LogP contribution in [-0.2, 0) is 15.9 Å². The molecule has 1 unspecified atom stereocenters. The van der Waals surface area contributed by atoms with Gasteiger partial charge in [-0.3, -0.25) is 0 Å². The Morgan fingerprint density at radius 3 is 2.57 bits per heavy atom. The highest BCUT2D eigenvalue weighted by Crippen LogP contribution is 2.14. The SMILES string of the molecule is CC(O)OCCOC(=O)c1ccc(C(=O)O)cc1CCO. The molecule has 1 rings (SSSR count). The summed E-state index contributed by atoms with van der Waals surface area (Å²) in [5, 5.41) is 26.8. The van der Waals surface area contributed by atoms with Crippen LogP contribution in [0.15, 0.2) is 18.2 Å². The lowest BCUT2D eigenvalue weighted by Gasteiger charge is -2.11. The van der Waals surface area contributed by atoms with Gasteiger partial charge in [0.25, 0.3) is 0 Å². The zero-order chi connectivity index (χ0) is 15.8. The number of carboxylic acid groups (broad SMARTS) is 1. The van der Waals surface area contributed by atoms with Gasteiger partial charge in [0.2, 0.25) is 0 Å². The smallest absolute Gasteiger partial charge is 0.338 e. The number of hydrogen-bond donors (Lipinski definition) is 3. The maximum absolute atomic E-state index is 11.9. The van der Waals surface area contributed by atoms with Crippen LogP contribution < -0.4 is 0 Å². The van der Waals surface area contributed by atoms with E-state index in [1.54, 1.807) is 0 Å². The van der Waals surface area contributed by atoms with E-state index in [0.29, 0.717) is 5.56 Å². The van der Waals surface area contributed by atoms with E-state index < -0.39 is 18.2 Å². The number of carbonyl (C=O) groups excluding carboxylic acids is 1. The monoisotopic (exact) mass is 298 g/mol. The second-order valence-corrected chi connectivity index (χ2v) is 4.26. The number of hydrogen-bond acceptors (Lipinski definition) is 6. The van der Waals surface area contributed by atoms with Gasteiger partial charge in [-0.1, -0.05) is 0 Å². The third kappa shape index (κ3) is 5.50. The number of ether oxygens (including phenoxy) is 2. The Hall–Kier alpha value is -1.96. The summed E-state index contributed by atoms with van der Waals surface area (Å²) in [7, 11) is 0. The Bertz CT molecular complexity index is 496. The van der Waals surface area contributed by atoms with Crippen LogP contribution in [-0.4, -0.2) is 53.4 Å². The van der Waals surface area contributed by atoms with E-state index in [0.717, 1.165) is 0 Å². The van der Waals surface area contributed by atoms with Crippen LogP contribution in [0.25, 0.3) is 0 Å². The second kappa shape index (κ2) is 8.35. The number of carbonyl (C=O) groups is 2. The fourth-order valence-electron chi connectivity index (χ4n) is 1.68. The van der Waals surface area contributed by atoms with Crippen LogP contribution in [0.1, 0.15) is 33.2 Å². The Kier molecular flexibility index (Phi) is 6.80. The van der Waals surface area contributed by atoms with Crippen molar-refractivity contribution >= 4 is 11.9 Å².